The Morgan fingerprint density at radius 3 is 1.65 bits per heavy atom. The Hall–Kier alpha value is -4.25. The van der Waals surface area contributed by atoms with E-state index in [1.54, 1.807) is 38.1 Å². The number of hydrogen-bond donors (Lipinski definition) is 0. The third kappa shape index (κ3) is 3.73. The van der Waals surface area contributed by atoms with Crippen LogP contribution in [0.4, 0.5) is 5.69 Å². The van der Waals surface area contributed by atoms with Gasteiger partial charge in [-0.15, -0.1) is 0 Å². The lowest BCUT2D eigenvalue weighted by atomic mass is 9.85. The highest BCUT2D eigenvalue weighted by Crippen LogP contribution is 2.58. The lowest BCUT2D eigenvalue weighted by Crippen LogP contribution is -2.33. The summed E-state index contributed by atoms with van der Waals surface area (Å²) in [6.45, 7) is 3.58. The first-order chi connectivity index (χ1) is 18.0. The van der Waals surface area contributed by atoms with Crippen molar-refractivity contribution >= 4 is 29.0 Å². The number of nitrogens with zero attached hydrogens (tertiary/aromatic N) is 1. The number of fused-ring (bicyclic) bond motifs is 5. The van der Waals surface area contributed by atoms with E-state index in [0.717, 1.165) is 22.3 Å². The number of rotatable bonds is 5. The fourth-order valence-corrected chi connectivity index (χ4v) is 6.09. The van der Waals surface area contributed by atoms with Crippen LogP contribution in [0.1, 0.15) is 35.3 Å². The summed E-state index contributed by atoms with van der Waals surface area (Å²) in [5.41, 5.74) is 5.31. The number of anilines is 1. The molecule has 2 aliphatic carbocycles. The molecule has 2 bridgehead atoms. The second kappa shape index (κ2) is 9.00. The Labute approximate surface area is 216 Å². The van der Waals surface area contributed by atoms with Gasteiger partial charge >= 0.3 is 5.97 Å². The van der Waals surface area contributed by atoms with E-state index in [9.17, 15) is 14.4 Å². The standard InChI is InChI=1S/C32H27NO4/c1-19(2)37-32(36)22-13-15-23(16-14-22)33-30(34)28-24-17-18-25(29(28)31(33)35)27(24)26(20-9-5-3-6-10-20)21-11-7-4-8-12-21/h3-19,24-25,28-29H,1-2H3/t24-,25-,28-,29-/m0/s1. The first-order valence-corrected chi connectivity index (χ1v) is 12.7. The van der Waals surface area contributed by atoms with Crippen molar-refractivity contribution < 1.29 is 19.1 Å². The molecule has 0 spiro atoms. The Morgan fingerprint density at radius 1 is 0.703 bits per heavy atom. The monoisotopic (exact) mass is 489 g/mol. The van der Waals surface area contributed by atoms with Gasteiger partial charge < -0.3 is 4.74 Å². The van der Waals surface area contributed by atoms with E-state index in [-0.39, 0.29) is 29.8 Å². The minimum absolute atomic E-state index is 0.132. The highest BCUT2D eigenvalue weighted by Gasteiger charge is 2.62. The molecule has 0 N–H and O–H groups in total. The quantitative estimate of drug-likeness (QED) is 0.263. The molecule has 1 heterocycles. The highest BCUT2D eigenvalue weighted by atomic mass is 16.5. The maximum Gasteiger partial charge on any atom is 0.338 e. The second-order valence-electron chi connectivity index (χ2n) is 10.1. The predicted octanol–water partition coefficient (Wildman–Crippen LogP) is 5.68. The van der Waals surface area contributed by atoms with E-state index in [2.05, 4.69) is 36.4 Å². The van der Waals surface area contributed by atoms with E-state index in [1.807, 2.05) is 36.4 Å². The summed E-state index contributed by atoms with van der Waals surface area (Å²) in [4.78, 5) is 41.0. The normalized spacial score (nSPS) is 23.6. The molecule has 184 valence electrons. The third-order valence-corrected chi connectivity index (χ3v) is 7.53. The number of hydrogen-bond acceptors (Lipinski definition) is 4. The molecule has 3 aliphatic rings. The first kappa shape index (κ1) is 23.2. The van der Waals surface area contributed by atoms with Crippen LogP contribution < -0.4 is 4.90 Å². The Balaban J connectivity index is 1.37. The third-order valence-electron chi connectivity index (χ3n) is 7.53. The molecule has 0 radical (unpaired) electrons. The highest BCUT2D eigenvalue weighted by molar-refractivity contribution is 6.23. The zero-order valence-corrected chi connectivity index (χ0v) is 20.7. The van der Waals surface area contributed by atoms with Crippen LogP contribution in [0, 0.1) is 23.7 Å². The Kier molecular flexibility index (Phi) is 5.64. The Bertz CT molecular complexity index is 1360. The largest absolute Gasteiger partial charge is 0.459 e. The minimum Gasteiger partial charge on any atom is -0.459 e. The van der Waals surface area contributed by atoms with Gasteiger partial charge in [0, 0.05) is 11.8 Å². The molecule has 2 fully saturated rings. The molecule has 4 atom stereocenters. The van der Waals surface area contributed by atoms with Gasteiger partial charge in [0.1, 0.15) is 0 Å². The zero-order chi connectivity index (χ0) is 25.7. The maximum absolute atomic E-state index is 13.8. The minimum atomic E-state index is -0.427. The van der Waals surface area contributed by atoms with Crippen molar-refractivity contribution in [3.8, 4) is 0 Å². The van der Waals surface area contributed by atoms with E-state index >= 15 is 0 Å². The van der Waals surface area contributed by atoms with Crippen LogP contribution in [0.2, 0.25) is 0 Å². The second-order valence-corrected chi connectivity index (χ2v) is 10.1. The van der Waals surface area contributed by atoms with Crippen molar-refractivity contribution in [2.45, 2.75) is 20.0 Å². The average molecular weight is 490 g/mol. The predicted molar refractivity (Wildman–Crippen MR) is 141 cm³/mol. The van der Waals surface area contributed by atoms with Crippen molar-refractivity contribution in [1.82, 2.24) is 0 Å². The smallest absolute Gasteiger partial charge is 0.338 e. The summed E-state index contributed by atoms with van der Waals surface area (Å²) in [6.07, 6.45) is 3.98. The molecule has 37 heavy (non-hydrogen) atoms. The fraction of sp³-hybridized carbons (Fsp3) is 0.219. The first-order valence-electron chi connectivity index (χ1n) is 12.7. The van der Waals surface area contributed by atoms with Gasteiger partial charge in [0.15, 0.2) is 0 Å². The molecule has 3 aromatic rings. The molecule has 5 heteroatoms. The fourth-order valence-electron chi connectivity index (χ4n) is 6.09. The molecule has 0 unspecified atom stereocenters. The summed E-state index contributed by atoms with van der Waals surface area (Å²) in [6, 6.07) is 26.9. The molecule has 2 amide bonds. The number of amides is 2. The molecule has 1 aliphatic heterocycles. The molecule has 6 rings (SSSR count). The van der Waals surface area contributed by atoms with Crippen molar-refractivity contribution in [1.29, 1.82) is 0 Å². The van der Waals surface area contributed by atoms with Gasteiger partial charge in [0.05, 0.1) is 29.2 Å². The number of benzene rings is 3. The van der Waals surface area contributed by atoms with E-state index < -0.39 is 17.8 Å². The number of carbonyl (C=O) groups is 3. The maximum atomic E-state index is 13.8. The van der Waals surface area contributed by atoms with Crippen LogP contribution in [0.5, 0.6) is 0 Å². The number of carbonyl (C=O) groups excluding carboxylic acids is 3. The number of esters is 1. The topological polar surface area (TPSA) is 63.7 Å². The number of ether oxygens (including phenoxy) is 1. The molecular formula is C32H27NO4. The molecule has 0 aromatic heterocycles. The van der Waals surface area contributed by atoms with Crippen LogP contribution in [-0.4, -0.2) is 23.9 Å². The summed E-state index contributed by atoms with van der Waals surface area (Å²) in [5.74, 6) is -1.90. The van der Waals surface area contributed by atoms with Gasteiger partial charge in [-0.2, -0.15) is 0 Å². The van der Waals surface area contributed by atoms with E-state index in [4.69, 9.17) is 4.74 Å². The van der Waals surface area contributed by atoms with Crippen LogP contribution in [-0.2, 0) is 14.3 Å². The van der Waals surface area contributed by atoms with Gasteiger partial charge in [-0.3, -0.25) is 9.59 Å². The van der Waals surface area contributed by atoms with Gasteiger partial charge in [-0.1, -0.05) is 72.8 Å². The van der Waals surface area contributed by atoms with Crippen LogP contribution in [0.3, 0.4) is 0 Å². The molecular weight excluding hydrogens is 462 g/mol. The van der Waals surface area contributed by atoms with Crippen LogP contribution in [0.15, 0.2) is 103 Å². The van der Waals surface area contributed by atoms with Crippen LogP contribution in [0.25, 0.3) is 5.57 Å². The molecule has 3 aromatic carbocycles. The average Bonchev–Trinajstić information content (AvgIpc) is 3.54. The SMILES string of the molecule is CC(C)OC(=O)c1ccc(N2C(=O)[C@@H]3[C@@H](C2=O)[C@H]2C=C[C@H]3C2=C(c2ccccc2)c2ccccc2)cc1. The van der Waals surface area contributed by atoms with Gasteiger partial charge in [0.2, 0.25) is 11.8 Å². The van der Waals surface area contributed by atoms with Gasteiger partial charge in [-0.05, 0) is 60.4 Å². The summed E-state index contributed by atoms with van der Waals surface area (Å²) in [7, 11) is 0. The van der Waals surface area contributed by atoms with Gasteiger partial charge in [-0.25, -0.2) is 9.69 Å². The summed E-state index contributed by atoms with van der Waals surface area (Å²) < 4.78 is 5.25. The summed E-state index contributed by atoms with van der Waals surface area (Å²) >= 11 is 0. The lowest BCUT2D eigenvalue weighted by molar-refractivity contribution is -0.122. The molecule has 1 saturated carbocycles. The number of imide groups is 1. The van der Waals surface area contributed by atoms with Crippen molar-refractivity contribution in [3.63, 3.8) is 0 Å². The van der Waals surface area contributed by atoms with Crippen molar-refractivity contribution in [3.05, 3.63) is 119 Å². The molecule has 5 nitrogen and oxygen atoms in total. The van der Waals surface area contributed by atoms with Crippen molar-refractivity contribution in [2.24, 2.45) is 23.7 Å². The summed E-state index contributed by atoms with van der Waals surface area (Å²) in [5, 5.41) is 0. The number of allylic oxidation sites excluding steroid dienone is 3. The lowest BCUT2D eigenvalue weighted by Gasteiger charge is -2.21. The van der Waals surface area contributed by atoms with Crippen molar-refractivity contribution in [2.75, 3.05) is 4.90 Å². The van der Waals surface area contributed by atoms with E-state index in [1.165, 1.54) is 4.90 Å². The molecule has 1 saturated heterocycles. The van der Waals surface area contributed by atoms with Gasteiger partial charge in [0.25, 0.3) is 0 Å². The van der Waals surface area contributed by atoms with Crippen LogP contribution >= 0.6 is 0 Å². The van der Waals surface area contributed by atoms with E-state index in [0.29, 0.717) is 11.3 Å². The zero-order valence-electron chi connectivity index (χ0n) is 20.7. The Morgan fingerprint density at radius 2 is 1.19 bits per heavy atom.